The summed E-state index contributed by atoms with van der Waals surface area (Å²) in [5.74, 6) is -0.239. The highest BCUT2D eigenvalue weighted by molar-refractivity contribution is 6.04. The van der Waals surface area contributed by atoms with Crippen molar-refractivity contribution < 1.29 is 9.59 Å². The van der Waals surface area contributed by atoms with E-state index in [9.17, 15) is 9.59 Å². The van der Waals surface area contributed by atoms with Gasteiger partial charge in [-0.3, -0.25) is 19.5 Å². The van der Waals surface area contributed by atoms with Gasteiger partial charge in [0.25, 0.3) is 5.91 Å². The Morgan fingerprint density at radius 3 is 2.46 bits per heavy atom. The quantitative estimate of drug-likeness (QED) is 0.464. The monoisotopic (exact) mass is 471 g/mol. The number of hydrogen-bond donors (Lipinski definition) is 3. The van der Waals surface area contributed by atoms with Crippen molar-refractivity contribution in [2.75, 3.05) is 18.4 Å². The fourth-order valence-electron chi connectivity index (χ4n) is 4.43. The van der Waals surface area contributed by atoms with Gasteiger partial charge in [-0.15, -0.1) is 0 Å². The third-order valence-corrected chi connectivity index (χ3v) is 6.39. The number of benzene rings is 2. The Bertz CT molecular complexity index is 1130. The number of nitrogens with zero attached hydrogens (tertiary/aromatic N) is 2. The van der Waals surface area contributed by atoms with E-state index in [0.717, 1.165) is 38.0 Å². The Morgan fingerprint density at radius 2 is 1.77 bits per heavy atom. The van der Waals surface area contributed by atoms with Gasteiger partial charge in [-0.2, -0.15) is 0 Å². The summed E-state index contributed by atoms with van der Waals surface area (Å²) in [5.41, 5.74) is 10.9. The lowest BCUT2D eigenvalue weighted by Gasteiger charge is -2.32. The van der Waals surface area contributed by atoms with E-state index in [1.54, 1.807) is 36.7 Å². The second-order valence-corrected chi connectivity index (χ2v) is 9.23. The highest BCUT2D eigenvalue weighted by atomic mass is 16.2. The van der Waals surface area contributed by atoms with E-state index >= 15 is 0 Å². The van der Waals surface area contributed by atoms with Crippen LogP contribution in [-0.4, -0.2) is 40.8 Å². The molecule has 4 rings (SSSR count). The number of nitrogens with one attached hydrogen (secondary N) is 2. The second-order valence-electron chi connectivity index (χ2n) is 9.23. The molecule has 182 valence electrons. The molecule has 2 aromatic carbocycles. The van der Waals surface area contributed by atoms with Crippen molar-refractivity contribution >= 4 is 17.5 Å². The average molecular weight is 472 g/mol. The third kappa shape index (κ3) is 7.21. The molecule has 0 spiro atoms. The van der Waals surface area contributed by atoms with Crippen LogP contribution in [0.3, 0.4) is 0 Å². The number of pyridine rings is 1. The van der Waals surface area contributed by atoms with Crippen molar-refractivity contribution in [2.24, 2.45) is 5.73 Å². The highest BCUT2D eigenvalue weighted by Gasteiger charge is 2.22. The normalized spacial score (nSPS) is 15.4. The number of carbonyl (C=O) groups excluding carboxylic acids is 2. The number of anilines is 1. The first kappa shape index (κ1) is 24.6. The van der Waals surface area contributed by atoms with E-state index in [1.807, 2.05) is 12.1 Å². The highest BCUT2D eigenvalue weighted by Crippen LogP contribution is 2.18. The zero-order valence-electron chi connectivity index (χ0n) is 20.1. The SMILES string of the molecule is Cc1cccc(CN2CCC(NC(=O)CC(N)c3ccc(C(=O)Nc4ccncc4)cc3)CC2)c1. The van der Waals surface area contributed by atoms with Crippen LogP contribution in [0.25, 0.3) is 0 Å². The number of piperidine rings is 1. The minimum Gasteiger partial charge on any atom is -0.353 e. The van der Waals surface area contributed by atoms with Crippen LogP contribution in [0, 0.1) is 6.92 Å². The Hall–Kier alpha value is -3.55. The van der Waals surface area contributed by atoms with Crippen LogP contribution in [0.4, 0.5) is 5.69 Å². The van der Waals surface area contributed by atoms with Crippen LogP contribution in [-0.2, 0) is 11.3 Å². The number of aryl methyl sites for hydroxylation is 1. The smallest absolute Gasteiger partial charge is 0.255 e. The topological polar surface area (TPSA) is 100 Å². The standard InChI is InChI=1S/C28H33N5O2/c1-20-3-2-4-21(17-20)19-33-15-11-25(12-16-33)31-27(34)18-26(29)22-5-7-23(8-6-22)28(35)32-24-9-13-30-14-10-24/h2-10,13-14,17,25-26H,11-12,15-16,18-19,29H2,1H3,(H,31,34)(H,30,32,35). The van der Waals surface area contributed by atoms with Crippen molar-refractivity contribution in [1.82, 2.24) is 15.2 Å². The van der Waals surface area contributed by atoms with Gasteiger partial charge in [-0.05, 0) is 55.2 Å². The van der Waals surface area contributed by atoms with E-state index in [4.69, 9.17) is 5.73 Å². The lowest BCUT2D eigenvalue weighted by atomic mass is 10.0. The fourth-order valence-corrected chi connectivity index (χ4v) is 4.43. The molecule has 2 heterocycles. The maximum absolute atomic E-state index is 12.6. The van der Waals surface area contributed by atoms with Crippen LogP contribution in [0.2, 0.25) is 0 Å². The van der Waals surface area contributed by atoms with Gasteiger partial charge in [0, 0.05) is 61.8 Å². The number of carbonyl (C=O) groups is 2. The molecule has 0 radical (unpaired) electrons. The number of nitrogens with two attached hydrogens (primary N) is 1. The minimum absolute atomic E-state index is 0.0332. The molecule has 0 aliphatic carbocycles. The first-order chi connectivity index (χ1) is 17.0. The van der Waals surface area contributed by atoms with Crippen molar-refractivity contribution in [1.29, 1.82) is 0 Å². The van der Waals surface area contributed by atoms with Gasteiger partial charge >= 0.3 is 0 Å². The summed E-state index contributed by atoms with van der Waals surface area (Å²) in [5, 5.41) is 5.98. The maximum atomic E-state index is 12.6. The molecule has 0 saturated carbocycles. The fraction of sp³-hybridized carbons (Fsp3) is 0.321. The van der Waals surface area contributed by atoms with Crippen LogP contribution >= 0.6 is 0 Å². The average Bonchev–Trinajstić information content (AvgIpc) is 2.86. The summed E-state index contributed by atoms with van der Waals surface area (Å²) in [6, 6.07) is 18.9. The molecule has 35 heavy (non-hydrogen) atoms. The molecule has 0 bridgehead atoms. The lowest BCUT2D eigenvalue weighted by Crippen LogP contribution is -2.44. The molecule has 2 amide bonds. The molecule has 3 aromatic rings. The Labute approximate surface area is 206 Å². The summed E-state index contributed by atoms with van der Waals surface area (Å²) >= 11 is 0. The van der Waals surface area contributed by atoms with Crippen LogP contribution in [0.15, 0.2) is 73.1 Å². The molecule has 1 aliphatic rings. The Balaban J connectivity index is 1.21. The molecule has 4 N–H and O–H groups in total. The van der Waals surface area contributed by atoms with Crippen molar-refractivity contribution in [3.8, 4) is 0 Å². The Kier molecular flexibility index (Phi) is 8.23. The lowest BCUT2D eigenvalue weighted by molar-refractivity contribution is -0.122. The minimum atomic E-state index is -0.422. The zero-order chi connectivity index (χ0) is 24.6. The van der Waals surface area contributed by atoms with Gasteiger partial charge < -0.3 is 16.4 Å². The molecule has 1 unspecified atom stereocenters. The predicted molar refractivity (Wildman–Crippen MR) is 138 cm³/mol. The molecule has 7 nitrogen and oxygen atoms in total. The first-order valence-corrected chi connectivity index (χ1v) is 12.1. The summed E-state index contributed by atoms with van der Waals surface area (Å²) in [7, 11) is 0. The molecule has 1 aliphatic heterocycles. The number of likely N-dealkylation sites (tertiary alicyclic amines) is 1. The number of aromatic nitrogens is 1. The first-order valence-electron chi connectivity index (χ1n) is 12.1. The van der Waals surface area contributed by atoms with Crippen molar-refractivity contribution in [3.63, 3.8) is 0 Å². The van der Waals surface area contributed by atoms with Gasteiger partial charge in [-0.25, -0.2) is 0 Å². The molecular weight excluding hydrogens is 438 g/mol. The summed E-state index contributed by atoms with van der Waals surface area (Å²) in [6.45, 7) is 5.00. The van der Waals surface area contributed by atoms with E-state index in [-0.39, 0.29) is 24.3 Å². The van der Waals surface area contributed by atoms with E-state index in [0.29, 0.717) is 11.3 Å². The van der Waals surface area contributed by atoms with Crippen molar-refractivity contribution in [2.45, 2.75) is 44.8 Å². The largest absolute Gasteiger partial charge is 0.353 e. The van der Waals surface area contributed by atoms with Crippen LogP contribution < -0.4 is 16.4 Å². The molecule has 7 heteroatoms. The second kappa shape index (κ2) is 11.7. The predicted octanol–water partition coefficient (Wildman–Crippen LogP) is 3.81. The van der Waals surface area contributed by atoms with Crippen molar-refractivity contribution in [3.05, 3.63) is 95.3 Å². The molecule has 1 aromatic heterocycles. The van der Waals surface area contributed by atoms with E-state index < -0.39 is 6.04 Å². The van der Waals surface area contributed by atoms with Gasteiger partial charge in [0.15, 0.2) is 0 Å². The molecular formula is C28H33N5O2. The molecule has 1 saturated heterocycles. The summed E-state index contributed by atoms with van der Waals surface area (Å²) < 4.78 is 0. The van der Waals surface area contributed by atoms with E-state index in [2.05, 4.69) is 51.7 Å². The molecule has 1 atom stereocenters. The van der Waals surface area contributed by atoms with Gasteiger partial charge in [-0.1, -0.05) is 42.0 Å². The Morgan fingerprint density at radius 1 is 1.06 bits per heavy atom. The van der Waals surface area contributed by atoms with Gasteiger partial charge in [0.05, 0.1) is 0 Å². The third-order valence-electron chi connectivity index (χ3n) is 6.39. The maximum Gasteiger partial charge on any atom is 0.255 e. The number of amides is 2. The van der Waals surface area contributed by atoms with Gasteiger partial charge in [0.1, 0.15) is 0 Å². The van der Waals surface area contributed by atoms with E-state index in [1.165, 1.54) is 11.1 Å². The summed E-state index contributed by atoms with van der Waals surface area (Å²) in [4.78, 5) is 31.4. The van der Waals surface area contributed by atoms with Gasteiger partial charge in [0.2, 0.25) is 5.91 Å². The number of rotatable bonds is 8. The number of hydrogen-bond acceptors (Lipinski definition) is 5. The van der Waals surface area contributed by atoms with Crippen LogP contribution in [0.5, 0.6) is 0 Å². The van der Waals surface area contributed by atoms with Crippen LogP contribution in [0.1, 0.15) is 52.4 Å². The zero-order valence-corrected chi connectivity index (χ0v) is 20.1. The molecule has 1 fully saturated rings. The summed E-state index contributed by atoms with van der Waals surface area (Å²) in [6.07, 6.45) is 5.34.